The molecule has 0 aliphatic carbocycles. The molecule has 0 spiro atoms. The van der Waals surface area contributed by atoms with Gasteiger partial charge in [0.15, 0.2) is 5.65 Å². The molecule has 0 amide bonds. The summed E-state index contributed by atoms with van der Waals surface area (Å²) in [6, 6.07) is 9.80. The summed E-state index contributed by atoms with van der Waals surface area (Å²) < 4.78 is 1.60. The van der Waals surface area contributed by atoms with Crippen molar-refractivity contribution in [3.05, 3.63) is 46.4 Å². The van der Waals surface area contributed by atoms with Gasteiger partial charge in [-0.1, -0.05) is 43.7 Å². The summed E-state index contributed by atoms with van der Waals surface area (Å²) in [5, 5.41) is 0.741. The molecule has 120 valence electrons. The van der Waals surface area contributed by atoms with Crippen LogP contribution in [0.5, 0.6) is 0 Å². The topological polar surface area (TPSA) is 89.6 Å². The van der Waals surface area contributed by atoms with Crippen molar-refractivity contribution < 1.29 is 0 Å². The summed E-state index contributed by atoms with van der Waals surface area (Å²) in [7, 11) is 0. The summed E-state index contributed by atoms with van der Waals surface area (Å²) >= 11 is 1.60. The van der Waals surface area contributed by atoms with Crippen LogP contribution in [-0.4, -0.2) is 25.3 Å². The zero-order valence-electron chi connectivity index (χ0n) is 13.0. The van der Waals surface area contributed by atoms with Crippen molar-refractivity contribution in [3.8, 4) is 0 Å². The molecule has 0 saturated heterocycles. The van der Waals surface area contributed by atoms with Crippen molar-refractivity contribution in [1.29, 1.82) is 0 Å². The molecule has 2 aromatic heterocycles. The van der Waals surface area contributed by atoms with Crippen molar-refractivity contribution in [3.63, 3.8) is 0 Å². The first-order valence-electron chi connectivity index (χ1n) is 7.61. The van der Waals surface area contributed by atoms with Crippen LogP contribution in [0.2, 0.25) is 0 Å². The van der Waals surface area contributed by atoms with E-state index in [0.717, 1.165) is 29.2 Å². The van der Waals surface area contributed by atoms with E-state index in [9.17, 15) is 4.79 Å². The highest BCUT2D eigenvalue weighted by Gasteiger charge is 2.15. The number of anilines is 1. The van der Waals surface area contributed by atoms with Crippen LogP contribution >= 0.6 is 11.8 Å². The highest BCUT2D eigenvalue weighted by atomic mass is 32.2. The maximum atomic E-state index is 12.3. The lowest BCUT2D eigenvalue weighted by Gasteiger charge is -2.05. The van der Waals surface area contributed by atoms with E-state index in [1.54, 1.807) is 16.3 Å². The molecule has 23 heavy (non-hydrogen) atoms. The van der Waals surface area contributed by atoms with Crippen molar-refractivity contribution >= 4 is 28.9 Å². The van der Waals surface area contributed by atoms with E-state index in [-0.39, 0.29) is 11.6 Å². The van der Waals surface area contributed by atoms with E-state index in [2.05, 4.69) is 21.9 Å². The van der Waals surface area contributed by atoms with Crippen molar-refractivity contribution in [2.24, 2.45) is 0 Å². The van der Waals surface area contributed by atoms with Crippen LogP contribution in [0.4, 0.5) is 5.95 Å². The van der Waals surface area contributed by atoms with Gasteiger partial charge >= 0.3 is 5.69 Å². The Morgan fingerprint density at radius 1 is 1.26 bits per heavy atom. The Balaban J connectivity index is 2.02. The molecule has 6 nitrogen and oxygen atoms in total. The summed E-state index contributed by atoms with van der Waals surface area (Å²) in [5.74, 6) is 1.13. The molecule has 0 bridgehead atoms. The molecule has 0 radical (unpaired) electrons. The van der Waals surface area contributed by atoms with Gasteiger partial charge in [0, 0.05) is 0 Å². The first-order chi connectivity index (χ1) is 11.2. The number of fused-ring (bicyclic) bond motifs is 1. The lowest BCUT2D eigenvalue weighted by Crippen LogP contribution is -2.17. The van der Waals surface area contributed by atoms with Gasteiger partial charge in [-0.15, -0.1) is 11.8 Å². The number of imidazole rings is 1. The Labute approximate surface area is 138 Å². The van der Waals surface area contributed by atoms with Crippen molar-refractivity contribution in [2.45, 2.75) is 31.3 Å². The highest BCUT2D eigenvalue weighted by molar-refractivity contribution is 7.99. The SMILES string of the molecule is CCCCSc1nc(N)nc2c1[nH]c(=O)n2Cc1ccccc1. The summed E-state index contributed by atoms with van der Waals surface area (Å²) in [4.78, 5) is 23.7. The molecule has 0 fully saturated rings. The Bertz CT molecular complexity index is 856. The lowest BCUT2D eigenvalue weighted by atomic mass is 10.2. The highest BCUT2D eigenvalue weighted by Crippen LogP contribution is 2.25. The normalized spacial score (nSPS) is 11.2. The number of rotatable bonds is 6. The van der Waals surface area contributed by atoms with Gasteiger partial charge in [-0.3, -0.25) is 4.57 Å². The molecule has 0 aliphatic rings. The van der Waals surface area contributed by atoms with E-state index in [1.165, 1.54) is 0 Å². The number of nitrogen functional groups attached to an aromatic ring is 1. The number of nitrogens with two attached hydrogens (primary N) is 1. The minimum atomic E-state index is -0.193. The third kappa shape index (κ3) is 3.39. The largest absolute Gasteiger partial charge is 0.368 e. The van der Waals surface area contributed by atoms with E-state index in [4.69, 9.17) is 5.73 Å². The van der Waals surface area contributed by atoms with E-state index >= 15 is 0 Å². The van der Waals surface area contributed by atoms with Crippen molar-refractivity contribution in [1.82, 2.24) is 19.5 Å². The van der Waals surface area contributed by atoms with Crippen LogP contribution in [0.15, 0.2) is 40.2 Å². The first kappa shape index (κ1) is 15.6. The number of aromatic amines is 1. The number of hydrogen-bond acceptors (Lipinski definition) is 5. The average molecular weight is 329 g/mol. The fourth-order valence-electron chi connectivity index (χ4n) is 2.35. The molecule has 3 rings (SSSR count). The second-order valence-corrected chi connectivity index (χ2v) is 6.37. The number of benzene rings is 1. The number of thioether (sulfide) groups is 1. The standard InChI is InChI=1S/C16H19N5OS/c1-2-3-9-23-14-12-13(19-15(17)20-14)21(16(22)18-12)10-11-7-5-4-6-8-11/h4-8H,2-3,9-10H2,1H3,(H,18,22)(H2,17,19,20). The number of nitrogens with zero attached hydrogens (tertiary/aromatic N) is 3. The van der Waals surface area contributed by atoms with E-state index in [1.807, 2.05) is 30.3 Å². The second-order valence-electron chi connectivity index (χ2n) is 5.29. The molecule has 3 aromatic rings. The Morgan fingerprint density at radius 3 is 2.78 bits per heavy atom. The first-order valence-corrected chi connectivity index (χ1v) is 8.60. The van der Waals surface area contributed by atoms with E-state index in [0.29, 0.717) is 17.7 Å². The fourth-order valence-corrected chi connectivity index (χ4v) is 3.42. The molecule has 0 saturated carbocycles. The summed E-state index contributed by atoms with van der Waals surface area (Å²) in [6.07, 6.45) is 2.20. The van der Waals surface area contributed by atoms with Gasteiger partial charge in [0.25, 0.3) is 0 Å². The van der Waals surface area contributed by atoms with Gasteiger partial charge in [0.2, 0.25) is 5.95 Å². The quantitative estimate of drug-likeness (QED) is 0.412. The Morgan fingerprint density at radius 2 is 2.04 bits per heavy atom. The molecular weight excluding hydrogens is 310 g/mol. The number of hydrogen-bond donors (Lipinski definition) is 2. The smallest absolute Gasteiger partial charge is 0.328 e. The zero-order valence-corrected chi connectivity index (χ0v) is 13.8. The Kier molecular flexibility index (Phi) is 4.66. The maximum Gasteiger partial charge on any atom is 0.328 e. The molecule has 2 heterocycles. The predicted octanol–water partition coefficient (Wildman–Crippen LogP) is 2.64. The number of aromatic nitrogens is 4. The molecular formula is C16H19N5OS. The maximum absolute atomic E-state index is 12.3. The van der Waals surface area contributed by atoms with Gasteiger partial charge in [0.1, 0.15) is 10.5 Å². The summed E-state index contributed by atoms with van der Waals surface area (Å²) in [6.45, 7) is 2.60. The van der Waals surface area contributed by atoms with E-state index < -0.39 is 0 Å². The third-order valence-corrected chi connectivity index (χ3v) is 4.59. The fraction of sp³-hybridized carbons (Fsp3) is 0.312. The van der Waals surface area contributed by atoms with Crippen LogP contribution in [-0.2, 0) is 6.54 Å². The van der Waals surface area contributed by atoms with Gasteiger partial charge in [0.05, 0.1) is 6.54 Å². The second kappa shape index (κ2) is 6.87. The van der Waals surface area contributed by atoms with Gasteiger partial charge in [-0.2, -0.15) is 4.98 Å². The van der Waals surface area contributed by atoms with Gasteiger partial charge in [-0.25, -0.2) is 9.78 Å². The molecule has 3 N–H and O–H groups in total. The van der Waals surface area contributed by atoms with Gasteiger partial charge in [-0.05, 0) is 17.7 Å². The van der Waals surface area contributed by atoms with Gasteiger partial charge < -0.3 is 10.7 Å². The van der Waals surface area contributed by atoms with Crippen LogP contribution in [0.25, 0.3) is 11.2 Å². The van der Waals surface area contributed by atoms with Crippen LogP contribution in [0.3, 0.4) is 0 Å². The Hall–Kier alpha value is -2.28. The van der Waals surface area contributed by atoms with Crippen LogP contribution in [0.1, 0.15) is 25.3 Å². The molecule has 0 atom stereocenters. The van der Waals surface area contributed by atoms with Crippen LogP contribution in [0, 0.1) is 0 Å². The molecule has 0 unspecified atom stereocenters. The van der Waals surface area contributed by atoms with Crippen molar-refractivity contribution in [2.75, 3.05) is 11.5 Å². The zero-order chi connectivity index (χ0) is 16.2. The minimum Gasteiger partial charge on any atom is -0.368 e. The summed E-state index contributed by atoms with van der Waals surface area (Å²) in [5.41, 5.74) is 7.91. The monoisotopic (exact) mass is 329 g/mol. The number of nitrogens with one attached hydrogen (secondary N) is 1. The average Bonchev–Trinajstić information content (AvgIpc) is 2.85. The minimum absolute atomic E-state index is 0.192. The van der Waals surface area contributed by atoms with Crippen LogP contribution < -0.4 is 11.4 Å². The number of unbranched alkanes of at least 4 members (excludes halogenated alkanes) is 1. The molecule has 1 aromatic carbocycles. The molecule has 7 heteroatoms. The third-order valence-electron chi connectivity index (χ3n) is 3.53. The number of H-pyrrole nitrogens is 1. The predicted molar refractivity (Wildman–Crippen MR) is 93.7 cm³/mol. The molecule has 0 aliphatic heterocycles. The lowest BCUT2D eigenvalue weighted by molar-refractivity contribution is 0.778.